The summed E-state index contributed by atoms with van der Waals surface area (Å²) in [7, 11) is 0. The Morgan fingerprint density at radius 1 is 1.35 bits per heavy atom. The molecule has 0 spiro atoms. The lowest BCUT2D eigenvalue weighted by molar-refractivity contribution is -0.0506. The van der Waals surface area contributed by atoms with Crippen LogP contribution in [-0.2, 0) is 4.74 Å². The summed E-state index contributed by atoms with van der Waals surface area (Å²) in [6.07, 6.45) is -2.98. The summed E-state index contributed by atoms with van der Waals surface area (Å²) >= 11 is 0. The van der Waals surface area contributed by atoms with E-state index in [1.165, 1.54) is 13.0 Å². The predicted octanol–water partition coefficient (Wildman–Crippen LogP) is 3.27. The molecular weight excluding hydrogens is 282 g/mol. The second kappa shape index (κ2) is 6.75. The molecule has 0 aliphatic carbocycles. The van der Waals surface area contributed by atoms with Gasteiger partial charge in [0.15, 0.2) is 5.75 Å². The topological polar surface area (TPSA) is 59.3 Å². The Bertz CT molecular complexity index is 540. The zero-order chi connectivity index (χ0) is 15.3. The summed E-state index contributed by atoms with van der Waals surface area (Å²) in [6.45, 7) is -1.95. The molecule has 0 heterocycles. The number of alkyl halides is 4. The van der Waals surface area contributed by atoms with E-state index in [1.54, 1.807) is 0 Å². The van der Waals surface area contributed by atoms with Gasteiger partial charge in [-0.3, -0.25) is 0 Å². The highest BCUT2D eigenvalue weighted by molar-refractivity contribution is 5.93. The lowest BCUT2D eigenvalue weighted by atomic mass is 10.0. The fraction of sp³-hybridized carbons (Fsp3) is 0.333. The van der Waals surface area contributed by atoms with Gasteiger partial charge >= 0.3 is 12.6 Å². The number of ether oxygens (including phenoxy) is 2. The van der Waals surface area contributed by atoms with Crippen LogP contribution in [0.1, 0.15) is 34.8 Å². The molecule has 108 valence electrons. The van der Waals surface area contributed by atoms with Crippen LogP contribution in [0.25, 0.3) is 0 Å². The second-order valence-electron chi connectivity index (χ2n) is 3.46. The molecule has 0 N–H and O–H groups in total. The number of carbonyl (C=O) groups excluding carboxylic acids is 1. The number of rotatable bonds is 5. The third kappa shape index (κ3) is 3.60. The van der Waals surface area contributed by atoms with Gasteiger partial charge in [-0.05, 0) is 19.1 Å². The molecule has 0 atom stereocenters. The molecule has 0 unspecified atom stereocenters. The van der Waals surface area contributed by atoms with E-state index in [-0.39, 0.29) is 6.61 Å². The van der Waals surface area contributed by atoms with Crippen molar-refractivity contribution in [2.24, 2.45) is 0 Å². The molecule has 0 radical (unpaired) electrons. The molecule has 0 saturated heterocycles. The third-order valence-electron chi connectivity index (χ3n) is 2.19. The van der Waals surface area contributed by atoms with Crippen LogP contribution in [-0.4, -0.2) is 19.2 Å². The monoisotopic (exact) mass is 291 g/mol. The van der Waals surface area contributed by atoms with E-state index in [9.17, 15) is 22.4 Å². The minimum Gasteiger partial charge on any atom is -0.462 e. The molecule has 0 bridgehead atoms. The van der Waals surface area contributed by atoms with E-state index >= 15 is 0 Å². The lowest BCUT2D eigenvalue weighted by Gasteiger charge is -2.13. The Morgan fingerprint density at radius 2 is 2.00 bits per heavy atom. The molecule has 1 aromatic carbocycles. The third-order valence-corrected chi connectivity index (χ3v) is 2.19. The van der Waals surface area contributed by atoms with Gasteiger partial charge in [0, 0.05) is 5.56 Å². The highest BCUT2D eigenvalue weighted by atomic mass is 19.3. The predicted molar refractivity (Wildman–Crippen MR) is 58.7 cm³/mol. The van der Waals surface area contributed by atoms with Crippen molar-refractivity contribution < 1.29 is 31.8 Å². The molecular formula is C12H9F4NO3. The molecule has 0 aromatic heterocycles. The highest BCUT2D eigenvalue weighted by Crippen LogP contribution is 2.31. The van der Waals surface area contributed by atoms with Crippen LogP contribution < -0.4 is 4.74 Å². The summed E-state index contributed by atoms with van der Waals surface area (Å²) < 4.78 is 58.5. The Hall–Kier alpha value is -2.30. The first kappa shape index (κ1) is 15.8. The van der Waals surface area contributed by atoms with Crippen LogP contribution in [0.2, 0.25) is 0 Å². The first-order valence-electron chi connectivity index (χ1n) is 5.38. The van der Waals surface area contributed by atoms with Crippen molar-refractivity contribution >= 4 is 5.97 Å². The Morgan fingerprint density at radius 3 is 2.45 bits per heavy atom. The summed E-state index contributed by atoms with van der Waals surface area (Å²) in [6, 6.07) is 2.79. The van der Waals surface area contributed by atoms with Crippen LogP contribution >= 0.6 is 0 Å². The Labute approximate surface area is 111 Å². The maximum Gasteiger partial charge on any atom is 0.387 e. The average molecular weight is 291 g/mol. The molecule has 0 saturated carbocycles. The largest absolute Gasteiger partial charge is 0.462 e. The Balaban J connectivity index is 3.44. The van der Waals surface area contributed by atoms with Crippen LogP contribution in [0.5, 0.6) is 5.75 Å². The van der Waals surface area contributed by atoms with E-state index in [2.05, 4.69) is 9.47 Å². The van der Waals surface area contributed by atoms with Crippen LogP contribution in [0.4, 0.5) is 17.6 Å². The number of benzene rings is 1. The van der Waals surface area contributed by atoms with Crippen LogP contribution in [0, 0.1) is 11.3 Å². The van der Waals surface area contributed by atoms with E-state index in [0.29, 0.717) is 12.1 Å². The van der Waals surface area contributed by atoms with Crippen molar-refractivity contribution in [3.63, 3.8) is 0 Å². The number of nitrogens with zero attached hydrogens (tertiary/aromatic N) is 1. The summed E-state index contributed by atoms with van der Waals surface area (Å²) in [5, 5.41) is 8.80. The van der Waals surface area contributed by atoms with E-state index in [0.717, 1.165) is 0 Å². The second-order valence-corrected chi connectivity index (χ2v) is 3.46. The van der Waals surface area contributed by atoms with Gasteiger partial charge in [-0.2, -0.15) is 14.0 Å². The number of nitriles is 1. The lowest BCUT2D eigenvalue weighted by Crippen LogP contribution is -2.13. The normalized spacial score (nSPS) is 10.5. The molecule has 0 fully saturated rings. The number of esters is 1. The van der Waals surface area contributed by atoms with Crippen LogP contribution in [0.15, 0.2) is 12.1 Å². The summed E-state index contributed by atoms with van der Waals surface area (Å²) in [5.41, 5.74) is -1.89. The van der Waals surface area contributed by atoms with Crippen molar-refractivity contribution in [2.75, 3.05) is 6.61 Å². The van der Waals surface area contributed by atoms with Crippen molar-refractivity contribution in [3.8, 4) is 11.8 Å². The number of hydrogen-bond donors (Lipinski definition) is 0. The summed E-state index contributed by atoms with van der Waals surface area (Å²) in [4.78, 5) is 11.6. The smallest absolute Gasteiger partial charge is 0.387 e. The van der Waals surface area contributed by atoms with E-state index in [4.69, 9.17) is 5.26 Å². The van der Waals surface area contributed by atoms with Gasteiger partial charge in [0.05, 0.1) is 12.2 Å². The fourth-order valence-corrected chi connectivity index (χ4v) is 1.44. The zero-order valence-electron chi connectivity index (χ0n) is 10.2. The van der Waals surface area contributed by atoms with Gasteiger partial charge in [0.1, 0.15) is 11.6 Å². The maximum absolute atomic E-state index is 12.7. The zero-order valence-corrected chi connectivity index (χ0v) is 10.2. The van der Waals surface area contributed by atoms with Crippen LogP contribution in [0.3, 0.4) is 0 Å². The first-order valence-corrected chi connectivity index (χ1v) is 5.38. The van der Waals surface area contributed by atoms with Crippen molar-refractivity contribution in [3.05, 3.63) is 28.8 Å². The average Bonchev–Trinajstić information content (AvgIpc) is 2.38. The molecule has 0 aliphatic heterocycles. The van der Waals surface area contributed by atoms with Gasteiger partial charge < -0.3 is 9.47 Å². The van der Waals surface area contributed by atoms with Gasteiger partial charge in [0.25, 0.3) is 6.43 Å². The maximum atomic E-state index is 12.7. The van der Waals surface area contributed by atoms with E-state index in [1.807, 2.05) is 0 Å². The van der Waals surface area contributed by atoms with Crippen molar-refractivity contribution in [1.29, 1.82) is 5.26 Å². The molecule has 1 aromatic rings. The number of carbonyl (C=O) groups is 1. The van der Waals surface area contributed by atoms with E-state index < -0.39 is 41.4 Å². The quantitative estimate of drug-likeness (QED) is 0.617. The molecule has 20 heavy (non-hydrogen) atoms. The van der Waals surface area contributed by atoms with Gasteiger partial charge in [-0.25, -0.2) is 13.6 Å². The van der Waals surface area contributed by atoms with Crippen molar-refractivity contribution in [1.82, 2.24) is 0 Å². The summed E-state index contributed by atoms with van der Waals surface area (Å²) in [5.74, 6) is -1.90. The highest BCUT2D eigenvalue weighted by Gasteiger charge is 2.24. The number of hydrogen-bond acceptors (Lipinski definition) is 4. The standard InChI is InChI=1S/C12H9F4NO3/c1-2-19-11(18)8-4-6(10(13)14)3-7(5-17)9(8)20-12(15)16/h3-4,10,12H,2H2,1H3. The van der Waals surface area contributed by atoms with Gasteiger partial charge in [-0.1, -0.05) is 0 Å². The minimum absolute atomic E-state index is 0.0895. The molecule has 1 rings (SSSR count). The van der Waals surface area contributed by atoms with Crippen molar-refractivity contribution in [2.45, 2.75) is 20.0 Å². The van der Waals surface area contributed by atoms with Gasteiger partial charge in [-0.15, -0.1) is 0 Å². The minimum atomic E-state index is -3.31. The SMILES string of the molecule is CCOC(=O)c1cc(C(F)F)cc(C#N)c1OC(F)F. The molecule has 8 heteroatoms. The Kier molecular flexibility index (Phi) is 5.32. The molecule has 4 nitrogen and oxygen atoms in total. The molecule has 0 aliphatic rings. The first-order chi connectivity index (χ1) is 9.40. The molecule has 0 amide bonds. The fourth-order valence-electron chi connectivity index (χ4n) is 1.44. The van der Waals surface area contributed by atoms with Gasteiger partial charge in [0.2, 0.25) is 0 Å². The number of halogens is 4.